The lowest BCUT2D eigenvalue weighted by atomic mass is 10.0. The van der Waals surface area contributed by atoms with Crippen molar-refractivity contribution in [3.8, 4) is 0 Å². The Kier molecular flexibility index (Phi) is 7.79. The number of benzene rings is 2. The van der Waals surface area contributed by atoms with Gasteiger partial charge in [-0.1, -0.05) is 18.2 Å². The maximum Gasteiger partial charge on any atom is 0.335 e. The average Bonchev–Trinajstić information content (AvgIpc) is 3.31. The van der Waals surface area contributed by atoms with Crippen LogP contribution in [-0.4, -0.2) is 76.8 Å². The first-order valence-electron chi connectivity index (χ1n) is 12.2. The van der Waals surface area contributed by atoms with Crippen LogP contribution in [0.15, 0.2) is 48.8 Å². The molecule has 7 nitrogen and oxygen atoms in total. The van der Waals surface area contributed by atoms with E-state index in [-0.39, 0.29) is 11.4 Å². The Labute approximate surface area is 214 Å². The third-order valence-corrected chi connectivity index (χ3v) is 7.61. The molecule has 0 bridgehead atoms. The Hall–Kier alpha value is -3.01. The zero-order valence-electron chi connectivity index (χ0n) is 20.0. The van der Waals surface area contributed by atoms with E-state index in [0.717, 1.165) is 73.6 Å². The van der Waals surface area contributed by atoms with Crippen molar-refractivity contribution in [3.63, 3.8) is 0 Å². The van der Waals surface area contributed by atoms with E-state index >= 15 is 0 Å². The maximum atomic E-state index is 14.0. The van der Waals surface area contributed by atoms with Gasteiger partial charge in [-0.05, 0) is 60.5 Å². The number of hydrogen-bond donors (Lipinski definition) is 1. The minimum absolute atomic E-state index is 0.264. The van der Waals surface area contributed by atoms with Gasteiger partial charge in [0.2, 0.25) is 0 Å². The molecule has 1 N–H and O–H groups in total. The summed E-state index contributed by atoms with van der Waals surface area (Å²) in [6.45, 7) is 5.30. The molecule has 2 aliphatic heterocycles. The van der Waals surface area contributed by atoms with E-state index in [9.17, 15) is 14.3 Å². The molecule has 188 valence electrons. The topological polar surface area (TPSA) is 78.8 Å². The van der Waals surface area contributed by atoms with Gasteiger partial charge in [-0.3, -0.25) is 4.90 Å². The van der Waals surface area contributed by atoms with Crippen LogP contribution in [0, 0.1) is 5.82 Å². The highest BCUT2D eigenvalue weighted by atomic mass is 32.2. The quantitative estimate of drug-likeness (QED) is 0.337. The monoisotopic (exact) mass is 508 g/mol. The predicted molar refractivity (Wildman–Crippen MR) is 141 cm³/mol. The van der Waals surface area contributed by atoms with Gasteiger partial charge >= 0.3 is 5.97 Å². The van der Waals surface area contributed by atoms with Gasteiger partial charge in [-0.25, -0.2) is 19.2 Å². The van der Waals surface area contributed by atoms with Crippen LogP contribution < -0.4 is 4.90 Å². The second-order valence-corrected chi connectivity index (χ2v) is 10.1. The standard InChI is InChI=1S/C27H29FN4O3S/c28-21-4-2-19-6-9-32(25(19)17-21)26-23-16-20(3-5-24(23)29-18-30-26)22(27(33)34)7-15-36-14-1-8-31-10-12-35-13-11-31/h2-5,7,16-18H,1,6,8-15H2,(H,33,34)/b22-7+. The number of carboxylic acids is 1. The molecule has 5 rings (SSSR count). The van der Waals surface area contributed by atoms with Crippen molar-refractivity contribution in [1.29, 1.82) is 0 Å². The van der Waals surface area contributed by atoms with Crippen LogP contribution in [0.3, 0.4) is 0 Å². The van der Waals surface area contributed by atoms with Crippen LogP contribution in [-0.2, 0) is 16.0 Å². The first-order valence-corrected chi connectivity index (χ1v) is 13.4. The number of carbonyl (C=O) groups is 1. The largest absolute Gasteiger partial charge is 0.478 e. The minimum Gasteiger partial charge on any atom is -0.478 e. The van der Waals surface area contributed by atoms with Crippen molar-refractivity contribution in [3.05, 3.63) is 65.7 Å². The van der Waals surface area contributed by atoms with Crippen molar-refractivity contribution < 1.29 is 19.0 Å². The fraction of sp³-hybridized carbons (Fsp3) is 0.370. The lowest BCUT2D eigenvalue weighted by molar-refractivity contribution is -0.130. The van der Waals surface area contributed by atoms with Gasteiger partial charge in [-0.15, -0.1) is 0 Å². The van der Waals surface area contributed by atoms with Gasteiger partial charge in [-0.2, -0.15) is 11.8 Å². The molecule has 36 heavy (non-hydrogen) atoms. The van der Waals surface area contributed by atoms with Crippen molar-refractivity contribution in [2.45, 2.75) is 12.8 Å². The number of fused-ring (bicyclic) bond motifs is 2. The van der Waals surface area contributed by atoms with Gasteiger partial charge in [0.05, 0.1) is 24.3 Å². The summed E-state index contributed by atoms with van der Waals surface area (Å²) in [7, 11) is 0. The molecular formula is C27H29FN4O3S. The average molecular weight is 509 g/mol. The number of rotatable bonds is 9. The molecule has 0 amide bonds. The van der Waals surface area contributed by atoms with Gasteiger partial charge in [0.1, 0.15) is 18.0 Å². The number of hydrogen-bond acceptors (Lipinski definition) is 7. The summed E-state index contributed by atoms with van der Waals surface area (Å²) < 4.78 is 19.4. The highest BCUT2D eigenvalue weighted by Crippen LogP contribution is 2.37. The fourth-order valence-electron chi connectivity index (χ4n) is 4.77. The number of anilines is 2. The first-order chi connectivity index (χ1) is 17.6. The molecule has 9 heteroatoms. The van der Waals surface area contributed by atoms with Crippen molar-refractivity contribution in [2.75, 3.05) is 55.8 Å². The maximum absolute atomic E-state index is 14.0. The SMILES string of the molecule is O=C(O)/C(=C/CSCCCN1CCOCC1)c1ccc2ncnc(N3CCc4ccc(F)cc43)c2c1. The van der Waals surface area contributed by atoms with Gasteiger partial charge < -0.3 is 14.7 Å². The van der Waals surface area contributed by atoms with Crippen LogP contribution in [0.4, 0.5) is 15.9 Å². The molecule has 1 aromatic heterocycles. The Morgan fingerprint density at radius 3 is 2.83 bits per heavy atom. The Morgan fingerprint density at radius 2 is 2.00 bits per heavy atom. The van der Waals surface area contributed by atoms with Crippen LogP contribution in [0.5, 0.6) is 0 Å². The first kappa shape index (κ1) is 24.7. The highest BCUT2D eigenvalue weighted by molar-refractivity contribution is 7.99. The Bertz CT molecular complexity index is 1280. The van der Waals surface area contributed by atoms with E-state index in [1.54, 1.807) is 23.9 Å². The fourth-order valence-corrected chi connectivity index (χ4v) is 5.55. The summed E-state index contributed by atoms with van der Waals surface area (Å²) in [6.07, 6.45) is 5.14. The molecule has 1 fully saturated rings. The number of halogens is 1. The van der Waals surface area contributed by atoms with Crippen LogP contribution in [0.25, 0.3) is 16.5 Å². The number of carboxylic acid groups (broad SMARTS) is 1. The number of aliphatic carboxylic acids is 1. The van der Waals surface area contributed by atoms with Gasteiger partial charge in [0, 0.05) is 36.5 Å². The Balaban J connectivity index is 1.32. The molecule has 0 saturated carbocycles. The third-order valence-electron chi connectivity index (χ3n) is 6.63. The minimum atomic E-state index is -0.963. The van der Waals surface area contributed by atoms with Crippen LogP contribution in [0.2, 0.25) is 0 Å². The molecule has 2 aromatic carbocycles. The second-order valence-electron chi connectivity index (χ2n) is 8.91. The van der Waals surface area contributed by atoms with Crippen LogP contribution >= 0.6 is 11.8 Å². The summed E-state index contributed by atoms with van der Waals surface area (Å²) in [5.74, 6) is 1.00. The van der Waals surface area contributed by atoms with Gasteiger partial charge in [0.25, 0.3) is 0 Å². The second kappa shape index (κ2) is 11.4. The molecular weight excluding hydrogens is 479 g/mol. The van der Waals surface area contributed by atoms with E-state index in [1.807, 2.05) is 23.1 Å². The predicted octanol–water partition coefficient (Wildman–Crippen LogP) is 4.39. The number of morpholine rings is 1. The number of aromatic nitrogens is 2. The van der Waals surface area contributed by atoms with Crippen molar-refractivity contribution in [1.82, 2.24) is 14.9 Å². The zero-order valence-corrected chi connectivity index (χ0v) is 20.8. The molecule has 3 aromatic rings. The molecule has 0 unspecified atom stereocenters. The lowest BCUT2D eigenvalue weighted by Crippen LogP contribution is -2.36. The van der Waals surface area contributed by atoms with Gasteiger partial charge in [0.15, 0.2) is 0 Å². The molecule has 3 heterocycles. The van der Waals surface area contributed by atoms with Crippen molar-refractivity contribution >= 4 is 45.7 Å². The van der Waals surface area contributed by atoms with Crippen LogP contribution in [0.1, 0.15) is 17.5 Å². The summed E-state index contributed by atoms with van der Waals surface area (Å²) in [5.41, 5.74) is 3.45. The molecule has 0 radical (unpaired) electrons. The molecule has 0 atom stereocenters. The number of thioether (sulfide) groups is 1. The van der Waals surface area contributed by atoms with E-state index in [0.29, 0.717) is 23.7 Å². The molecule has 0 aliphatic carbocycles. The normalized spacial score (nSPS) is 16.5. The Morgan fingerprint density at radius 1 is 1.14 bits per heavy atom. The number of ether oxygens (including phenoxy) is 1. The summed E-state index contributed by atoms with van der Waals surface area (Å²) in [6, 6.07) is 10.3. The zero-order chi connectivity index (χ0) is 24.9. The van der Waals surface area contributed by atoms with E-state index < -0.39 is 5.97 Å². The smallest absolute Gasteiger partial charge is 0.335 e. The molecule has 1 saturated heterocycles. The van der Waals surface area contributed by atoms with E-state index in [1.165, 1.54) is 18.5 Å². The summed E-state index contributed by atoms with van der Waals surface area (Å²) in [5, 5.41) is 10.7. The molecule has 2 aliphatic rings. The highest BCUT2D eigenvalue weighted by Gasteiger charge is 2.24. The van der Waals surface area contributed by atoms with Crippen molar-refractivity contribution in [2.24, 2.45) is 0 Å². The van der Waals surface area contributed by atoms with E-state index in [2.05, 4.69) is 14.9 Å². The lowest BCUT2D eigenvalue weighted by Gasteiger charge is -2.26. The third kappa shape index (κ3) is 5.53. The number of nitrogens with zero attached hydrogens (tertiary/aromatic N) is 4. The van der Waals surface area contributed by atoms with E-state index in [4.69, 9.17) is 4.74 Å². The summed E-state index contributed by atoms with van der Waals surface area (Å²) in [4.78, 5) is 25.4. The molecule has 0 spiro atoms. The summed E-state index contributed by atoms with van der Waals surface area (Å²) >= 11 is 1.74.